The number of imidazole rings is 1. The van der Waals surface area contributed by atoms with Crippen LogP contribution in [-0.2, 0) is 12.3 Å². The van der Waals surface area contributed by atoms with Crippen molar-refractivity contribution in [2.75, 3.05) is 0 Å². The molecule has 0 saturated heterocycles. The number of fused-ring (bicyclic) bond motifs is 5. The van der Waals surface area contributed by atoms with Crippen molar-refractivity contribution in [1.82, 2.24) is 4.57 Å². The number of nitrogens with zero attached hydrogens (tertiary/aromatic N) is 3. The topological polar surface area (TPSA) is 21.9 Å². The molecule has 5 heterocycles. The minimum absolute atomic E-state index is 0.493. The average molecular weight is 762 g/mol. The molecule has 3 aliphatic heterocycles. The Morgan fingerprint density at radius 1 is 0.576 bits per heavy atom. The molecule has 0 saturated carbocycles. The van der Waals surface area contributed by atoms with Crippen LogP contribution in [0.5, 0.6) is 5.75 Å². The highest BCUT2D eigenvalue weighted by Gasteiger charge is 2.68. The molecule has 0 radical (unpaired) electrons. The van der Waals surface area contributed by atoms with Gasteiger partial charge in [0.25, 0.3) is 0 Å². The van der Waals surface area contributed by atoms with Crippen molar-refractivity contribution < 1.29 is 13.9 Å². The first-order valence-corrected chi connectivity index (χ1v) is 20.8. The Morgan fingerprint density at radius 3 is 2.00 bits per heavy atom. The maximum absolute atomic E-state index is 7.79. The highest BCUT2D eigenvalue weighted by Crippen LogP contribution is 2.55. The molecule has 3 aliphatic rings. The van der Waals surface area contributed by atoms with Crippen molar-refractivity contribution in [2.24, 2.45) is 5.92 Å². The molecule has 0 bridgehead atoms. The number of hydrogen-bond acceptors (Lipinski definition) is 1. The summed E-state index contributed by atoms with van der Waals surface area (Å²) in [6.07, 6.45) is 3.24. The maximum atomic E-state index is 7.79. The van der Waals surface area contributed by atoms with Crippen LogP contribution in [0.25, 0.3) is 83.9 Å². The van der Waals surface area contributed by atoms with Crippen molar-refractivity contribution >= 4 is 11.0 Å². The zero-order chi connectivity index (χ0) is 39.6. The first kappa shape index (κ1) is 34.0. The van der Waals surface area contributed by atoms with E-state index in [1.165, 1.54) is 72.3 Å². The number of para-hydroxylation sites is 1. The third-order valence-electron chi connectivity index (χ3n) is 12.7. The van der Waals surface area contributed by atoms with Gasteiger partial charge in [0.2, 0.25) is 5.69 Å². The standard InChI is InChI=1S/C55H43N3O/c1-34(2)27-42-30-43(23-24-44(42)39-19-12-7-13-20-39)57-49-22-14-21-45-46-31-41(38-17-10-6-11-18-38)32-47-50-33-40(37-15-8-5-9-16-37)25-26-56(50)55(51(46)47)58(52(45)49)54(57)48-29-35(3)28-36(4)53(48)59-55/h5-26,28-34H,27H2,1-4H3/q+2. The van der Waals surface area contributed by atoms with Crippen molar-refractivity contribution in [2.45, 2.75) is 40.0 Å². The van der Waals surface area contributed by atoms with E-state index in [9.17, 15) is 0 Å². The molecule has 0 N–H and O–H groups in total. The molecule has 1 unspecified atom stereocenters. The van der Waals surface area contributed by atoms with E-state index in [-0.39, 0.29) is 0 Å². The van der Waals surface area contributed by atoms with Crippen molar-refractivity contribution in [3.8, 4) is 78.6 Å². The lowest BCUT2D eigenvalue weighted by Crippen LogP contribution is -2.78. The maximum Gasteiger partial charge on any atom is 0.499 e. The number of rotatable bonds is 6. The molecule has 0 aliphatic carbocycles. The van der Waals surface area contributed by atoms with Crippen LogP contribution in [0.1, 0.15) is 36.1 Å². The van der Waals surface area contributed by atoms with Crippen LogP contribution in [0.4, 0.5) is 0 Å². The fraction of sp³-hybridized carbons (Fsp3) is 0.127. The molecule has 4 heteroatoms. The van der Waals surface area contributed by atoms with Gasteiger partial charge in [0, 0.05) is 23.3 Å². The fourth-order valence-corrected chi connectivity index (χ4v) is 10.4. The Kier molecular flexibility index (Phi) is 7.20. The highest BCUT2D eigenvalue weighted by molar-refractivity contribution is 5.99. The Labute approximate surface area is 344 Å². The molecule has 12 rings (SSSR count). The van der Waals surface area contributed by atoms with Gasteiger partial charge in [-0.1, -0.05) is 117 Å². The molecule has 282 valence electrons. The van der Waals surface area contributed by atoms with Gasteiger partial charge in [0.15, 0.2) is 23.0 Å². The SMILES string of the molecule is Cc1cc(C)c2c(c1)-c1n(-c3ccc(-c4ccccc4)c(CC(C)C)c3)c3cccc4c3[n+]1C1(O2)c2c-4cc(-c3ccccc3)cc2-c2cc(-c3ccccc3)cc[n+]21. The summed E-state index contributed by atoms with van der Waals surface area (Å²) in [5.74, 6) is 1.52. The van der Waals surface area contributed by atoms with E-state index >= 15 is 0 Å². The van der Waals surface area contributed by atoms with Crippen molar-refractivity contribution in [3.05, 3.63) is 192 Å². The fourth-order valence-electron chi connectivity index (χ4n) is 10.4. The molecule has 0 amide bonds. The lowest BCUT2D eigenvalue weighted by Gasteiger charge is -2.33. The Balaban J connectivity index is 1.23. The number of benzene rings is 7. The molecule has 0 fully saturated rings. The number of ether oxygens (including phenoxy) is 1. The van der Waals surface area contributed by atoms with Gasteiger partial charge in [-0.05, 0) is 125 Å². The van der Waals surface area contributed by atoms with E-state index in [4.69, 9.17) is 4.74 Å². The summed E-state index contributed by atoms with van der Waals surface area (Å²) in [7, 11) is 0. The molecule has 1 spiro atoms. The van der Waals surface area contributed by atoms with Crippen LogP contribution in [0.3, 0.4) is 0 Å². The minimum Gasteiger partial charge on any atom is -0.392 e. The Hall–Kier alpha value is -7.04. The molecule has 2 aromatic heterocycles. The van der Waals surface area contributed by atoms with Gasteiger partial charge in [0.05, 0.1) is 5.56 Å². The van der Waals surface area contributed by atoms with E-state index in [0.717, 1.165) is 46.0 Å². The minimum atomic E-state index is -1.02. The van der Waals surface area contributed by atoms with Gasteiger partial charge in [-0.15, -0.1) is 9.13 Å². The van der Waals surface area contributed by atoms with Gasteiger partial charge in [-0.25, -0.2) is 0 Å². The molecular formula is C55H43N3O+2. The highest BCUT2D eigenvalue weighted by atomic mass is 16.5. The van der Waals surface area contributed by atoms with Gasteiger partial charge >= 0.3 is 11.7 Å². The molecule has 59 heavy (non-hydrogen) atoms. The van der Waals surface area contributed by atoms with Crippen LogP contribution in [0.2, 0.25) is 0 Å². The van der Waals surface area contributed by atoms with Crippen LogP contribution in [-0.4, -0.2) is 4.57 Å². The summed E-state index contributed by atoms with van der Waals surface area (Å²) in [5, 5.41) is 0. The first-order chi connectivity index (χ1) is 28.9. The Bertz CT molecular complexity index is 3200. The molecule has 4 nitrogen and oxygen atoms in total. The van der Waals surface area contributed by atoms with E-state index in [2.05, 4.69) is 211 Å². The van der Waals surface area contributed by atoms with Crippen molar-refractivity contribution in [1.29, 1.82) is 0 Å². The predicted molar refractivity (Wildman–Crippen MR) is 237 cm³/mol. The van der Waals surface area contributed by atoms with E-state index < -0.39 is 5.85 Å². The van der Waals surface area contributed by atoms with Gasteiger partial charge < -0.3 is 4.74 Å². The summed E-state index contributed by atoms with van der Waals surface area (Å²) in [6, 6.07) is 60.4. The molecule has 7 aromatic carbocycles. The zero-order valence-corrected chi connectivity index (χ0v) is 33.7. The van der Waals surface area contributed by atoms with Gasteiger partial charge in [-0.3, -0.25) is 0 Å². The number of aromatic nitrogens is 3. The van der Waals surface area contributed by atoms with Gasteiger partial charge in [-0.2, -0.15) is 4.57 Å². The molecule has 1 atom stereocenters. The van der Waals surface area contributed by atoms with Crippen LogP contribution < -0.4 is 13.9 Å². The lowest BCUT2D eigenvalue weighted by molar-refractivity contribution is -0.997. The third kappa shape index (κ3) is 4.77. The van der Waals surface area contributed by atoms with Crippen LogP contribution >= 0.6 is 0 Å². The predicted octanol–water partition coefficient (Wildman–Crippen LogP) is 12.2. The quantitative estimate of drug-likeness (QED) is 0.155. The largest absolute Gasteiger partial charge is 0.499 e. The first-order valence-electron chi connectivity index (χ1n) is 20.8. The average Bonchev–Trinajstić information content (AvgIpc) is 3.76. The number of aryl methyl sites for hydroxylation is 2. The second-order valence-corrected chi connectivity index (χ2v) is 17.0. The number of pyridine rings is 1. The summed E-state index contributed by atoms with van der Waals surface area (Å²) >= 11 is 0. The monoisotopic (exact) mass is 761 g/mol. The van der Waals surface area contributed by atoms with E-state index in [1.807, 2.05) is 0 Å². The van der Waals surface area contributed by atoms with E-state index in [0.29, 0.717) is 5.92 Å². The zero-order valence-electron chi connectivity index (χ0n) is 33.7. The second-order valence-electron chi connectivity index (χ2n) is 17.0. The lowest BCUT2D eigenvalue weighted by atomic mass is 9.85. The van der Waals surface area contributed by atoms with Crippen molar-refractivity contribution in [3.63, 3.8) is 0 Å². The van der Waals surface area contributed by atoms with Crippen LogP contribution in [0, 0.1) is 19.8 Å². The smallest absolute Gasteiger partial charge is 0.392 e. The third-order valence-corrected chi connectivity index (χ3v) is 12.7. The normalized spacial score (nSPS) is 15.2. The summed E-state index contributed by atoms with van der Waals surface area (Å²) < 4.78 is 15.3. The second kappa shape index (κ2) is 12.5. The summed E-state index contributed by atoms with van der Waals surface area (Å²) in [5.41, 5.74) is 21.5. The molecule has 9 aromatic rings. The number of hydrogen-bond donors (Lipinski definition) is 0. The van der Waals surface area contributed by atoms with Crippen LogP contribution in [0.15, 0.2) is 170 Å². The molecular weight excluding hydrogens is 719 g/mol. The Morgan fingerprint density at radius 2 is 1.27 bits per heavy atom. The van der Waals surface area contributed by atoms with E-state index in [1.54, 1.807) is 0 Å². The summed E-state index contributed by atoms with van der Waals surface area (Å²) in [4.78, 5) is 0. The van der Waals surface area contributed by atoms with Gasteiger partial charge in [0.1, 0.15) is 16.8 Å². The summed E-state index contributed by atoms with van der Waals surface area (Å²) in [6.45, 7) is 9.04.